The molecule has 1 amide bonds. The van der Waals surface area contributed by atoms with Gasteiger partial charge in [0, 0.05) is 61.0 Å². The molecule has 7 heterocycles. The van der Waals surface area contributed by atoms with Crippen molar-refractivity contribution < 1.29 is 49.3 Å². The first-order chi connectivity index (χ1) is 28.3. The van der Waals surface area contributed by atoms with Crippen molar-refractivity contribution in [1.29, 1.82) is 0 Å². The maximum absolute atomic E-state index is 13.5. The maximum atomic E-state index is 13.5. The molecule has 3 aliphatic rings. The second kappa shape index (κ2) is 15.0. The summed E-state index contributed by atoms with van der Waals surface area (Å²) in [6, 6.07) is 8.67. The molecule has 59 heavy (non-hydrogen) atoms. The number of aliphatic hydroxyl groups is 5. The number of aliphatic hydroxyl groups excluding tert-OH is 4. The molecule has 5 aromatic heterocycles. The standard InChI is InChI=1S/C43H51N5O11/c1-24-15-32(50)28-16-26-17-35(59-56-22-34(52)43(55,39(53)33(51)21-49)23-47-14-8-29-31(47)7-13-44-29)41(2,11-5-27-18-46-40(54)42(27)9-3-4-10-42)58-37(26)36(38(28)57-24)48-19-25-6-12-45-30(25)20-48/h6-8,12-16,19-20,27,33-35,39,44-45,49,51-53,55H,3-5,9-11,17-18,21-23H2,1-2H3,(H,46,54)/t27-,33+,34-,35+,39+,41+,43+/m0/s1. The molecule has 9 rings (SSSR count). The van der Waals surface area contributed by atoms with E-state index in [2.05, 4.69) is 15.3 Å². The molecular weight excluding hydrogens is 762 g/mol. The zero-order valence-corrected chi connectivity index (χ0v) is 33.0. The number of amides is 1. The number of aryl methyl sites for hydroxylation is 1. The third kappa shape index (κ3) is 6.67. The number of nitrogens with one attached hydrogen (secondary N) is 3. The molecule has 1 spiro atoms. The Morgan fingerprint density at radius 1 is 1.05 bits per heavy atom. The summed E-state index contributed by atoms with van der Waals surface area (Å²) >= 11 is 0. The Hall–Kier alpha value is -4.94. The lowest BCUT2D eigenvalue weighted by atomic mass is 9.72. The van der Waals surface area contributed by atoms with E-state index in [4.69, 9.17) is 18.9 Å². The van der Waals surface area contributed by atoms with E-state index in [1.807, 2.05) is 36.1 Å². The topological polar surface area (TPSA) is 230 Å². The quantitative estimate of drug-likeness (QED) is 0.0588. The number of H-pyrrole nitrogens is 2. The van der Waals surface area contributed by atoms with Gasteiger partial charge in [0.15, 0.2) is 16.8 Å². The average Bonchev–Trinajstić information content (AvgIpc) is 4.07. The minimum Gasteiger partial charge on any atom is -0.482 e. The molecule has 2 fully saturated rings. The second-order valence-electron chi connectivity index (χ2n) is 17.0. The molecule has 7 atom stereocenters. The van der Waals surface area contributed by atoms with E-state index in [0.717, 1.165) is 42.1 Å². The molecule has 2 aliphatic heterocycles. The van der Waals surface area contributed by atoms with E-state index in [1.165, 1.54) is 6.07 Å². The molecule has 0 bridgehead atoms. The summed E-state index contributed by atoms with van der Waals surface area (Å²) in [5.41, 5.74) is -0.276. The summed E-state index contributed by atoms with van der Waals surface area (Å²) in [6.07, 6.45) is 7.59. The summed E-state index contributed by atoms with van der Waals surface area (Å²) in [6.45, 7) is 2.33. The van der Waals surface area contributed by atoms with Crippen molar-refractivity contribution in [2.45, 2.75) is 101 Å². The Morgan fingerprint density at radius 2 is 1.83 bits per heavy atom. The van der Waals surface area contributed by atoms with Gasteiger partial charge in [-0.15, -0.1) is 0 Å². The molecule has 16 nitrogen and oxygen atoms in total. The lowest BCUT2D eigenvalue weighted by Gasteiger charge is -2.43. The number of aromatic amines is 2. The highest BCUT2D eigenvalue weighted by Gasteiger charge is 2.53. The van der Waals surface area contributed by atoms with Gasteiger partial charge in [-0.3, -0.25) is 9.59 Å². The SMILES string of the molecule is Cc1cc(=O)c2cc3c(c(-n4cc5cc[nH]c5c4)c2o1)O[C@](C)(CC[C@H]1CNC(=O)C12CCCC2)[C@H](OOC[C@H](O)[C@](O)(Cn1ccc2[nH]ccc21)[C@H](O)[C@H](O)CO)C3. The molecule has 1 saturated carbocycles. The van der Waals surface area contributed by atoms with Gasteiger partial charge >= 0.3 is 0 Å². The maximum Gasteiger partial charge on any atom is 0.226 e. The van der Waals surface area contributed by atoms with Crippen LogP contribution in [0.2, 0.25) is 0 Å². The molecule has 6 aromatic rings. The zero-order valence-electron chi connectivity index (χ0n) is 33.0. The fourth-order valence-electron chi connectivity index (χ4n) is 9.89. The van der Waals surface area contributed by atoms with Gasteiger partial charge in [0.1, 0.15) is 53.7 Å². The Bertz CT molecular complexity index is 2530. The summed E-state index contributed by atoms with van der Waals surface area (Å²) < 4.78 is 16.9. The van der Waals surface area contributed by atoms with Gasteiger partial charge in [-0.25, -0.2) is 9.78 Å². The lowest BCUT2D eigenvalue weighted by Crippen LogP contribution is -2.61. The first-order valence-electron chi connectivity index (χ1n) is 20.3. The van der Waals surface area contributed by atoms with Gasteiger partial charge in [0.05, 0.1) is 40.5 Å². The first kappa shape index (κ1) is 39.5. The summed E-state index contributed by atoms with van der Waals surface area (Å²) in [5, 5.41) is 59.1. The number of nitrogens with zero attached hydrogens (tertiary/aromatic N) is 2. The van der Waals surface area contributed by atoms with Gasteiger partial charge < -0.3 is 59.1 Å². The Morgan fingerprint density at radius 3 is 2.61 bits per heavy atom. The van der Waals surface area contributed by atoms with Crippen LogP contribution in [0.1, 0.15) is 56.8 Å². The molecule has 16 heteroatoms. The van der Waals surface area contributed by atoms with Crippen molar-refractivity contribution in [2.75, 3.05) is 19.8 Å². The number of ether oxygens (including phenoxy) is 1. The van der Waals surface area contributed by atoms with E-state index < -0.39 is 54.2 Å². The summed E-state index contributed by atoms with van der Waals surface area (Å²) in [4.78, 5) is 45.0. The van der Waals surface area contributed by atoms with Crippen LogP contribution in [-0.4, -0.2) is 106 Å². The fraction of sp³-hybridized carbons (Fsp3) is 0.488. The van der Waals surface area contributed by atoms with Crippen LogP contribution in [0.4, 0.5) is 0 Å². The van der Waals surface area contributed by atoms with Crippen molar-refractivity contribution in [3.05, 3.63) is 82.9 Å². The second-order valence-corrected chi connectivity index (χ2v) is 17.0. The lowest BCUT2D eigenvalue weighted by molar-refractivity contribution is -0.365. The Kier molecular flexibility index (Phi) is 10.0. The first-order valence-corrected chi connectivity index (χ1v) is 20.3. The third-order valence-corrected chi connectivity index (χ3v) is 13.4. The van der Waals surface area contributed by atoms with Crippen LogP contribution >= 0.6 is 0 Å². The normalized spacial score (nSPS) is 24.1. The third-order valence-electron chi connectivity index (χ3n) is 13.4. The number of carbonyl (C=O) groups excluding carboxylic acids is 1. The molecule has 8 N–H and O–H groups in total. The highest BCUT2D eigenvalue weighted by molar-refractivity contribution is 5.91. The zero-order chi connectivity index (χ0) is 41.3. The van der Waals surface area contributed by atoms with Crippen LogP contribution in [0, 0.1) is 18.3 Å². The van der Waals surface area contributed by atoms with E-state index >= 15 is 0 Å². The van der Waals surface area contributed by atoms with Crippen LogP contribution in [-0.2, 0) is 27.5 Å². The van der Waals surface area contributed by atoms with Crippen molar-refractivity contribution in [3.63, 3.8) is 0 Å². The Labute approximate surface area is 338 Å². The van der Waals surface area contributed by atoms with Gasteiger partial charge in [-0.2, -0.15) is 0 Å². The molecule has 1 aliphatic carbocycles. The average molecular weight is 814 g/mol. The predicted octanol–water partition coefficient (Wildman–Crippen LogP) is 3.26. The smallest absolute Gasteiger partial charge is 0.226 e. The number of aromatic nitrogens is 4. The van der Waals surface area contributed by atoms with Crippen LogP contribution in [0.3, 0.4) is 0 Å². The van der Waals surface area contributed by atoms with Crippen LogP contribution < -0.4 is 15.5 Å². The van der Waals surface area contributed by atoms with E-state index in [1.54, 1.807) is 42.1 Å². The van der Waals surface area contributed by atoms with E-state index in [0.29, 0.717) is 58.6 Å². The molecular formula is C43H51N5O11. The number of carbonyl (C=O) groups is 1. The van der Waals surface area contributed by atoms with Crippen molar-refractivity contribution in [3.8, 4) is 11.4 Å². The Balaban J connectivity index is 1.05. The van der Waals surface area contributed by atoms with Gasteiger partial charge in [-0.05, 0) is 69.7 Å². The minimum absolute atomic E-state index is 0.0689. The number of hydrogen-bond acceptors (Lipinski definition) is 11. The highest BCUT2D eigenvalue weighted by atomic mass is 17.2. The van der Waals surface area contributed by atoms with E-state index in [9.17, 15) is 35.1 Å². The molecule has 0 radical (unpaired) electrons. The number of hydrogen-bond donors (Lipinski definition) is 8. The largest absolute Gasteiger partial charge is 0.482 e. The predicted molar refractivity (Wildman–Crippen MR) is 215 cm³/mol. The summed E-state index contributed by atoms with van der Waals surface area (Å²) in [5.74, 6) is 1.12. The van der Waals surface area contributed by atoms with Gasteiger partial charge in [0.25, 0.3) is 0 Å². The molecule has 1 saturated heterocycles. The number of benzene rings is 1. The summed E-state index contributed by atoms with van der Waals surface area (Å²) in [7, 11) is 0. The van der Waals surface area contributed by atoms with Crippen LogP contribution in [0.25, 0.3) is 38.6 Å². The van der Waals surface area contributed by atoms with Crippen molar-refractivity contribution >= 4 is 38.8 Å². The van der Waals surface area contributed by atoms with Crippen molar-refractivity contribution in [1.82, 2.24) is 24.4 Å². The van der Waals surface area contributed by atoms with Crippen LogP contribution in [0.5, 0.6) is 5.75 Å². The monoisotopic (exact) mass is 813 g/mol. The van der Waals surface area contributed by atoms with Gasteiger partial charge in [-0.1, -0.05) is 12.8 Å². The van der Waals surface area contributed by atoms with Crippen molar-refractivity contribution in [2.24, 2.45) is 11.3 Å². The molecule has 314 valence electrons. The number of fused-ring (bicyclic) bond motifs is 4. The minimum atomic E-state index is -2.41. The highest BCUT2D eigenvalue weighted by Crippen LogP contribution is 2.51. The number of rotatable bonds is 14. The molecule has 1 aromatic carbocycles. The molecule has 0 unspecified atom stereocenters. The van der Waals surface area contributed by atoms with E-state index in [-0.39, 0.29) is 30.2 Å². The fourth-order valence-corrected chi connectivity index (χ4v) is 9.89. The van der Waals surface area contributed by atoms with Gasteiger partial charge in [0.2, 0.25) is 5.91 Å². The van der Waals surface area contributed by atoms with Crippen LogP contribution in [0.15, 0.2) is 70.5 Å².